The average Bonchev–Trinajstić information content (AvgIpc) is 2.81. The minimum Gasteiger partial charge on any atom is -0.494 e. The van der Waals surface area contributed by atoms with E-state index >= 15 is 0 Å². The summed E-state index contributed by atoms with van der Waals surface area (Å²) in [5, 5.41) is 3.34. The van der Waals surface area contributed by atoms with Crippen LogP contribution in [0.25, 0.3) is 0 Å². The van der Waals surface area contributed by atoms with Crippen molar-refractivity contribution in [1.82, 2.24) is 15.1 Å². The maximum absolute atomic E-state index is 13.1. The van der Waals surface area contributed by atoms with Crippen LogP contribution in [0.1, 0.15) is 52.9 Å². The van der Waals surface area contributed by atoms with Gasteiger partial charge in [0.2, 0.25) is 0 Å². The van der Waals surface area contributed by atoms with Crippen molar-refractivity contribution in [1.29, 1.82) is 0 Å². The molecule has 172 valence electrons. The number of piperidine rings is 1. The number of nitrogens with one attached hydrogen (secondary N) is 1. The number of benzene rings is 1. The summed E-state index contributed by atoms with van der Waals surface area (Å²) in [5.41, 5.74) is 1.60. The number of carbonyl (C=O) groups excluding carboxylic acids is 1. The van der Waals surface area contributed by atoms with Crippen molar-refractivity contribution < 1.29 is 13.9 Å². The molecule has 1 aromatic heterocycles. The largest absolute Gasteiger partial charge is 0.494 e. The standard InChI is InChI=1S/C25H33N3O4/c1-3-31-21-8-6-19(7-9-21)17-27-11-13-28(14-12-27)24(29)23-18(2)15-22(32-25(23)30)20-5-4-10-26-16-20/h6-9,15,20,26H,3-5,10-14,16-17H2,1-2H3. The van der Waals surface area contributed by atoms with Crippen LogP contribution in [0, 0.1) is 6.92 Å². The van der Waals surface area contributed by atoms with Gasteiger partial charge in [0.1, 0.15) is 17.1 Å². The van der Waals surface area contributed by atoms with Gasteiger partial charge >= 0.3 is 5.63 Å². The lowest BCUT2D eigenvalue weighted by Crippen LogP contribution is -2.49. The molecular formula is C25H33N3O4. The van der Waals surface area contributed by atoms with E-state index < -0.39 is 5.63 Å². The van der Waals surface area contributed by atoms with Gasteiger partial charge in [-0.2, -0.15) is 0 Å². The molecule has 0 saturated carbocycles. The van der Waals surface area contributed by atoms with Crippen LogP contribution in [0.3, 0.4) is 0 Å². The molecule has 32 heavy (non-hydrogen) atoms. The van der Waals surface area contributed by atoms with Crippen LogP contribution < -0.4 is 15.7 Å². The molecule has 2 aromatic rings. The summed E-state index contributed by atoms with van der Waals surface area (Å²) in [4.78, 5) is 29.9. The average molecular weight is 440 g/mol. The van der Waals surface area contributed by atoms with Gasteiger partial charge in [0.25, 0.3) is 5.91 Å². The monoisotopic (exact) mass is 439 g/mol. The molecule has 0 bridgehead atoms. The van der Waals surface area contributed by atoms with Gasteiger partial charge in [0.15, 0.2) is 0 Å². The predicted molar refractivity (Wildman–Crippen MR) is 123 cm³/mol. The maximum atomic E-state index is 13.1. The molecule has 0 aliphatic carbocycles. The lowest BCUT2D eigenvalue weighted by molar-refractivity contribution is 0.0622. The van der Waals surface area contributed by atoms with Gasteiger partial charge in [-0.15, -0.1) is 0 Å². The van der Waals surface area contributed by atoms with Crippen LogP contribution in [0.5, 0.6) is 5.75 Å². The number of amides is 1. The lowest BCUT2D eigenvalue weighted by atomic mass is 9.95. The number of piperazine rings is 1. The van der Waals surface area contributed by atoms with Crippen LogP contribution in [-0.2, 0) is 6.54 Å². The summed E-state index contributed by atoms with van der Waals surface area (Å²) >= 11 is 0. The first kappa shape index (κ1) is 22.6. The summed E-state index contributed by atoms with van der Waals surface area (Å²) in [6.45, 7) is 9.87. The fourth-order valence-corrected chi connectivity index (χ4v) is 4.57. The van der Waals surface area contributed by atoms with Gasteiger partial charge in [0, 0.05) is 45.2 Å². The fraction of sp³-hybridized carbons (Fsp3) is 0.520. The topological polar surface area (TPSA) is 75.0 Å². The molecule has 0 spiro atoms. The van der Waals surface area contributed by atoms with Crippen molar-refractivity contribution in [2.45, 2.75) is 39.2 Å². The molecule has 0 radical (unpaired) electrons. The van der Waals surface area contributed by atoms with E-state index in [2.05, 4.69) is 22.3 Å². The van der Waals surface area contributed by atoms with Crippen LogP contribution in [-0.4, -0.2) is 61.6 Å². The fourth-order valence-electron chi connectivity index (χ4n) is 4.57. The Balaban J connectivity index is 1.36. The number of carbonyl (C=O) groups is 1. The maximum Gasteiger partial charge on any atom is 0.349 e. The number of hydrogen-bond acceptors (Lipinski definition) is 6. The Labute approximate surface area is 189 Å². The van der Waals surface area contributed by atoms with Crippen molar-refractivity contribution in [3.63, 3.8) is 0 Å². The van der Waals surface area contributed by atoms with Gasteiger partial charge in [-0.3, -0.25) is 9.69 Å². The molecule has 2 saturated heterocycles. The molecule has 7 heteroatoms. The van der Waals surface area contributed by atoms with Crippen molar-refractivity contribution in [3.8, 4) is 5.75 Å². The van der Waals surface area contributed by atoms with Crippen LogP contribution in [0.15, 0.2) is 39.5 Å². The first-order valence-electron chi connectivity index (χ1n) is 11.6. The highest BCUT2D eigenvalue weighted by Crippen LogP contribution is 2.24. The van der Waals surface area contributed by atoms with Gasteiger partial charge < -0.3 is 19.4 Å². The number of aryl methyl sites for hydroxylation is 1. The first-order chi connectivity index (χ1) is 15.5. The Morgan fingerprint density at radius 1 is 1.19 bits per heavy atom. The summed E-state index contributed by atoms with van der Waals surface area (Å²) in [5.74, 6) is 1.55. The summed E-state index contributed by atoms with van der Waals surface area (Å²) < 4.78 is 11.1. The van der Waals surface area contributed by atoms with E-state index in [1.54, 1.807) is 4.90 Å². The van der Waals surface area contributed by atoms with E-state index in [0.717, 1.165) is 51.3 Å². The van der Waals surface area contributed by atoms with Gasteiger partial charge in [-0.25, -0.2) is 4.79 Å². The van der Waals surface area contributed by atoms with Gasteiger partial charge in [-0.1, -0.05) is 12.1 Å². The lowest BCUT2D eigenvalue weighted by Gasteiger charge is -2.34. The first-order valence-corrected chi connectivity index (χ1v) is 11.6. The molecule has 3 heterocycles. The summed E-state index contributed by atoms with van der Waals surface area (Å²) in [6, 6.07) is 10.0. The molecule has 1 amide bonds. The quantitative estimate of drug-likeness (QED) is 0.746. The number of nitrogens with zero attached hydrogens (tertiary/aromatic N) is 2. The van der Waals surface area contributed by atoms with Crippen molar-refractivity contribution >= 4 is 5.91 Å². The van der Waals surface area contributed by atoms with E-state index in [1.807, 2.05) is 32.0 Å². The van der Waals surface area contributed by atoms with E-state index in [-0.39, 0.29) is 17.4 Å². The zero-order valence-corrected chi connectivity index (χ0v) is 19.1. The Morgan fingerprint density at radius 3 is 2.56 bits per heavy atom. The van der Waals surface area contributed by atoms with Crippen LogP contribution >= 0.6 is 0 Å². The van der Waals surface area contributed by atoms with Crippen molar-refractivity contribution in [2.75, 3.05) is 45.9 Å². The van der Waals surface area contributed by atoms with Crippen molar-refractivity contribution in [2.24, 2.45) is 0 Å². The molecule has 1 unspecified atom stereocenters. The number of rotatable bonds is 6. The minimum atomic E-state index is -0.507. The highest BCUT2D eigenvalue weighted by molar-refractivity contribution is 5.95. The summed E-state index contributed by atoms with van der Waals surface area (Å²) in [6.07, 6.45) is 2.06. The van der Waals surface area contributed by atoms with Gasteiger partial charge in [0.05, 0.1) is 6.61 Å². The van der Waals surface area contributed by atoms with Gasteiger partial charge in [-0.05, 0) is 62.6 Å². The Bertz CT molecular complexity index is 972. The molecule has 1 aromatic carbocycles. The third-order valence-corrected chi connectivity index (χ3v) is 6.38. The zero-order valence-electron chi connectivity index (χ0n) is 19.1. The Hall–Kier alpha value is -2.64. The van der Waals surface area contributed by atoms with E-state index in [0.29, 0.717) is 31.0 Å². The molecule has 1 N–H and O–H groups in total. The second-order valence-electron chi connectivity index (χ2n) is 8.68. The van der Waals surface area contributed by atoms with E-state index in [9.17, 15) is 9.59 Å². The van der Waals surface area contributed by atoms with E-state index in [1.165, 1.54) is 5.56 Å². The highest BCUT2D eigenvalue weighted by Gasteiger charge is 2.27. The normalized spacial score (nSPS) is 19.7. The van der Waals surface area contributed by atoms with Crippen LogP contribution in [0.2, 0.25) is 0 Å². The zero-order chi connectivity index (χ0) is 22.5. The van der Waals surface area contributed by atoms with Crippen molar-refractivity contribution in [3.05, 3.63) is 63.2 Å². The smallest absolute Gasteiger partial charge is 0.349 e. The molecule has 2 aliphatic rings. The molecule has 1 atom stereocenters. The summed E-state index contributed by atoms with van der Waals surface area (Å²) in [7, 11) is 0. The third-order valence-electron chi connectivity index (χ3n) is 6.38. The minimum absolute atomic E-state index is 0.178. The molecule has 4 rings (SSSR count). The second kappa shape index (κ2) is 10.3. The number of hydrogen-bond donors (Lipinski definition) is 1. The molecule has 2 fully saturated rings. The molecular weight excluding hydrogens is 406 g/mol. The molecule has 2 aliphatic heterocycles. The SMILES string of the molecule is CCOc1ccc(CN2CCN(C(=O)c3c(C)cc(C4CCCNC4)oc3=O)CC2)cc1. The third kappa shape index (κ3) is 5.22. The van der Waals surface area contributed by atoms with E-state index in [4.69, 9.17) is 9.15 Å². The predicted octanol–water partition coefficient (Wildman–Crippen LogP) is 2.77. The Morgan fingerprint density at radius 2 is 1.94 bits per heavy atom. The highest BCUT2D eigenvalue weighted by atomic mass is 16.5. The Kier molecular flexibility index (Phi) is 7.27. The number of ether oxygens (including phenoxy) is 1. The van der Waals surface area contributed by atoms with Crippen LogP contribution in [0.4, 0.5) is 0 Å². The molecule has 7 nitrogen and oxygen atoms in total. The second-order valence-corrected chi connectivity index (χ2v) is 8.68.